The van der Waals surface area contributed by atoms with Crippen molar-refractivity contribution in [3.05, 3.63) is 0 Å². The van der Waals surface area contributed by atoms with Gasteiger partial charge in [0.1, 0.15) is 5.60 Å². The zero-order chi connectivity index (χ0) is 16.9. The molecule has 2 heteroatoms. The standard InChI is InChI=1S/C23H34O2/c1-23(2,18-10-12-3-4-13(18)9-12)25-22(24)21-16-7-8-17(21)20-15-6-5-14(11-15)19(16)20/h12-21H,3-11H2,1-2H3. The molecule has 0 N–H and O–H groups in total. The molecule has 0 aliphatic heterocycles. The van der Waals surface area contributed by atoms with E-state index in [1.165, 1.54) is 57.8 Å². The highest BCUT2D eigenvalue weighted by Crippen LogP contribution is 2.69. The molecule has 0 aromatic rings. The first kappa shape index (κ1) is 15.5. The third-order valence-corrected chi connectivity index (χ3v) is 10.1. The van der Waals surface area contributed by atoms with Gasteiger partial charge in [-0.15, -0.1) is 0 Å². The van der Waals surface area contributed by atoms with Crippen LogP contribution in [-0.2, 0) is 9.53 Å². The van der Waals surface area contributed by atoms with Crippen LogP contribution in [0.15, 0.2) is 0 Å². The Kier molecular flexibility index (Phi) is 3.13. The van der Waals surface area contributed by atoms with Gasteiger partial charge in [-0.3, -0.25) is 4.79 Å². The maximum absolute atomic E-state index is 13.3. The number of rotatable bonds is 3. The van der Waals surface area contributed by atoms with E-state index < -0.39 is 0 Å². The Morgan fingerprint density at radius 2 is 1.44 bits per heavy atom. The van der Waals surface area contributed by atoms with E-state index in [2.05, 4.69) is 13.8 Å². The second-order valence-electron chi connectivity index (χ2n) is 11.2. The van der Waals surface area contributed by atoms with E-state index in [1.807, 2.05) is 0 Å². The summed E-state index contributed by atoms with van der Waals surface area (Å²) in [7, 11) is 0. The van der Waals surface area contributed by atoms with E-state index in [0.717, 1.165) is 35.5 Å². The molecule has 25 heavy (non-hydrogen) atoms. The Labute approximate surface area is 152 Å². The predicted octanol–water partition coefficient (Wildman–Crippen LogP) is 5.06. The molecule has 9 unspecified atom stereocenters. The van der Waals surface area contributed by atoms with Gasteiger partial charge in [-0.25, -0.2) is 0 Å². The monoisotopic (exact) mass is 342 g/mol. The van der Waals surface area contributed by atoms with Gasteiger partial charge < -0.3 is 4.74 Å². The molecule has 6 bridgehead atoms. The van der Waals surface area contributed by atoms with Crippen LogP contribution >= 0.6 is 0 Å². The summed E-state index contributed by atoms with van der Waals surface area (Å²) in [6, 6.07) is 0. The smallest absolute Gasteiger partial charge is 0.310 e. The molecule has 0 aromatic carbocycles. The van der Waals surface area contributed by atoms with Crippen molar-refractivity contribution in [1.29, 1.82) is 0 Å². The first-order valence-electron chi connectivity index (χ1n) is 11.3. The highest BCUT2D eigenvalue weighted by molar-refractivity contribution is 5.75. The van der Waals surface area contributed by atoms with Crippen LogP contribution in [0.4, 0.5) is 0 Å². The van der Waals surface area contributed by atoms with Gasteiger partial charge in [-0.05, 0) is 113 Å². The summed E-state index contributed by atoms with van der Waals surface area (Å²) in [5, 5.41) is 0. The predicted molar refractivity (Wildman–Crippen MR) is 96.6 cm³/mol. The highest BCUT2D eigenvalue weighted by atomic mass is 16.6. The van der Waals surface area contributed by atoms with E-state index in [9.17, 15) is 4.79 Å². The van der Waals surface area contributed by atoms with E-state index in [-0.39, 0.29) is 17.5 Å². The van der Waals surface area contributed by atoms with Gasteiger partial charge in [0, 0.05) is 5.92 Å². The molecule has 2 nitrogen and oxygen atoms in total. The summed E-state index contributed by atoms with van der Waals surface area (Å²) in [6.45, 7) is 4.44. The number of hydrogen-bond donors (Lipinski definition) is 0. The topological polar surface area (TPSA) is 26.3 Å². The third kappa shape index (κ3) is 2.00. The lowest BCUT2D eigenvalue weighted by Gasteiger charge is -2.38. The first-order valence-corrected chi connectivity index (χ1v) is 11.3. The molecule has 0 amide bonds. The lowest BCUT2D eigenvalue weighted by molar-refractivity contribution is -0.171. The Morgan fingerprint density at radius 3 is 2.00 bits per heavy atom. The molecule has 6 saturated carbocycles. The molecule has 6 rings (SSSR count). The minimum Gasteiger partial charge on any atom is -0.459 e. The first-order chi connectivity index (χ1) is 12.0. The van der Waals surface area contributed by atoms with Crippen LogP contribution in [0, 0.1) is 59.2 Å². The third-order valence-electron chi connectivity index (χ3n) is 10.1. The van der Waals surface area contributed by atoms with Crippen molar-refractivity contribution >= 4 is 5.97 Å². The lowest BCUT2D eigenvalue weighted by Crippen LogP contribution is -2.42. The summed E-state index contributed by atoms with van der Waals surface area (Å²) in [5.41, 5.74) is -0.243. The molecule has 6 fully saturated rings. The molecule has 0 aromatic heterocycles. The zero-order valence-electron chi connectivity index (χ0n) is 16.0. The highest BCUT2D eigenvalue weighted by Gasteiger charge is 2.66. The number of hydrogen-bond acceptors (Lipinski definition) is 2. The fourth-order valence-corrected chi connectivity index (χ4v) is 9.42. The van der Waals surface area contributed by atoms with Crippen LogP contribution in [0.25, 0.3) is 0 Å². The fraction of sp³-hybridized carbons (Fsp3) is 0.957. The largest absolute Gasteiger partial charge is 0.459 e. The van der Waals surface area contributed by atoms with Gasteiger partial charge in [0.15, 0.2) is 0 Å². The van der Waals surface area contributed by atoms with Crippen molar-refractivity contribution in [2.24, 2.45) is 59.2 Å². The number of esters is 1. The Bertz CT molecular complexity index is 571. The molecule has 0 spiro atoms. The van der Waals surface area contributed by atoms with Gasteiger partial charge in [0.2, 0.25) is 0 Å². The minimum atomic E-state index is -0.243. The molecule has 6 aliphatic carbocycles. The SMILES string of the molecule is CC(C)(OC(=O)C1C2CCC1C1C3CCC(C3)C21)C1CC2CCC1C2. The fourth-order valence-electron chi connectivity index (χ4n) is 9.42. The lowest BCUT2D eigenvalue weighted by atomic mass is 9.71. The van der Waals surface area contributed by atoms with Crippen molar-refractivity contribution in [2.75, 3.05) is 0 Å². The van der Waals surface area contributed by atoms with Crippen molar-refractivity contribution in [3.63, 3.8) is 0 Å². The van der Waals surface area contributed by atoms with Crippen molar-refractivity contribution in [1.82, 2.24) is 0 Å². The van der Waals surface area contributed by atoms with Crippen molar-refractivity contribution in [2.45, 2.75) is 77.2 Å². The van der Waals surface area contributed by atoms with Crippen LogP contribution in [0.5, 0.6) is 0 Å². The number of fused-ring (bicyclic) bond motifs is 11. The average Bonchev–Trinajstić information content (AvgIpc) is 3.41. The zero-order valence-corrected chi connectivity index (χ0v) is 16.0. The Morgan fingerprint density at radius 1 is 0.800 bits per heavy atom. The summed E-state index contributed by atoms with van der Waals surface area (Å²) in [4.78, 5) is 13.3. The maximum atomic E-state index is 13.3. The van der Waals surface area contributed by atoms with Gasteiger partial charge in [-0.2, -0.15) is 0 Å². The van der Waals surface area contributed by atoms with Crippen LogP contribution in [-0.4, -0.2) is 11.6 Å². The number of ether oxygens (including phenoxy) is 1. The molecule has 0 saturated heterocycles. The quantitative estimate of drug-likeness (QED) is 0.529. The second-order valence-corrected chi connectivity index (χ2v) is 11.2. The minimum absolute atomic E-state index is 0.203. The van der Waals surface area contributed by atoms with Crippen molar-refractivity contribution < 1.29 is 9.53 Å². The van der Waals surface area contributed by atoms with Crippen LogP contribution in [0.3, 0.4) is 0 Å². The van der Waals surface area contributed by atoms with E-state index in [0.29, 0.717) is 17.8 Å². The van der Waals surface area contributed by atoms with Crippen molar-refractivity contribution in [3.8, 4) is 0 Å². The average molecular weight is 343 g/mol. The number of carbonyl (C=O) groups is 1. The summed E-state index contributed by atoms with van der Waals surface area (Å²) >= 11 is 0. The Balaban J connectivity index is 1.20. The van der Waals surface area contributed by atoms with Crippen LogP contribution in [0.1, 0.15) is 71.6 Å². The summed E-state index contributed by atoms with van der Waals surface area (Å²) < 4.78 is 6.36. The van der Waals surface area contributed by atoms with E-state index in [1.54, 1.807) is 0 Å². The molecule has 6 aliphatic rings. The summed E-state index contributed by atoms with van der Waals surface area (Å²) in [6.07, 6.45) is 12.5. The maximum Gasteiger partial charge on any atom is 0.310 e. The molecule has 138 valence electrons. The van der Waals surface area contributed by atoms with E-state index in [4.69, 9.17) is 4.74 Å². The molecule has 0 radical (unpaired) electrons. The van der Waals surface area contributed by atoms with Gasteiger partial charge in [0.05, 0.1) is 5.92 Å². The second kappa shape index (κ2) is 5.04. The molecular weight excluding hydrogens is 308 g/mol. The van der Waals surface area contributed by atoms with Gasteiger partial charge >= 0.3 is 5.97 Å². The van der Waals surface area contributed by atoms with Gasteiger partial charge in [0.25, 0.3) is 0 Å². The summed E-state index contributed by atoms with van der Waals surface area (Å²) in [5.74, 6) is 7.87. The molecule has 0 heterocycles. The molecular formula is C23H34O2. The van der Waals surface area contributed by atoms with Gasteiger partial charge in [-0.1, -0.05) is 6.42 Å². The molecule has 9 atom stereocenters. The Hall–Kier alpha value is -0.530. The van der Waals surface area contributed by atoms with Crippen LogP contribution in [0.2, 0.25) is 0 Å². The normalized spacial score (nSPS) is 55.1. The van der Waals surface area contributed by atoms with E-state index >= 15 is 0 Å². The van der Waals surface area contributed by atoms with Crippen LogP contribution < -0.4 is 0 Å². The number of carbonyl (C=O) groups excluding carboxylic acids is 1.